The standard InChI is InChI=1S/C14H18BrNO3/c1-18-7-8-19-10-14(17)16-6-5-12-11(9-16)3-2-4-13(12)15/h2-4H,5-10H2,1H3. The number of carbonyl (C=O) groups excluding carboxylic acids is 1. The third kappa shape index (κ3) is 3.78. The number of rotatable bonds is 5. The first-order valence-corrected chi connectivity index (χ1v) is 7.12. The van der Waals surface area contributed by atoms with Crippen LogP contribution in [-0.4, -0.2) is 44.3 Å². The minimum absolute atomic E-state index is 0.0433. The number of benzene rings is 1. The summed E-state index contributed by atoms with van der Waals surface area (Å²) in [6.45, 7) is 2.53. The average molecular weight is 328 g/mol. The van der Waals surface area contributed by atoms with E-state index in [-0.39, 0.29) is 12.5 Å². The van der Waals surface area contributed by atoms with E-state index in [1.807, 2.05) is 17.0 Å². The predicted molar refractivity (Wildman–Crippen MR) is 76.0 cm³/mol. The van der Waals surface area contributed by atoms with Gasteiger partial charge >= 0.3 is 0 Å². The Morgan fingerprint density at radius 3 is 3.05 bits per heavy atom. The molecule has 0 N–H and O–H groups in total. The van der Waals surface area contributed by atoms with Crippen molar-refractivity contribution in [2.75, 3.05) is 33.5 Å². The van der Waals surface area contributed by atoms with E-state index in [9.17, 15) is 4.79 Å². The van der Waals surface area contributed by atoms with Crippen LogP contribution in [0.2, 0.25) is 0 Å². The minimum atomic E-state index is 0.0433. The van der Waals surface area contributed by atoms with Gasteiger partial charge in [-0.3, -0.25) is 4.79 Å². The Bertz CT molecular complexity index is 450. The van der Waals surface area contributed by atoms with E-state index in [0.29, 0.717) is 19.8 Å². The van der Waals surface area contributed by atoms with Gasteiger partial charge < -0.3 is 14.4 Å². The average Bonchev–Trinajstić information content (AvgIpc) is 2.43. The number of amides is 1. The summed E-state index contributed by atoms with van der Waals surface area (Å²) in [5.74, 6) is 0.0433. The lowest BCUT2D eigenvalue weighted by molar-refractivity contribution is -0.137. The molecule has 1 aliphatic rings. The zero-order chi connectivity index (χ0) is 13.7. The lowest BCUT2D eigenvalue weighted by atomic mass is 10.00. The molecule has 1 amide bonds. The predicted octanol–water partition coefficient (Wildman–Crippen LogP) is 2.00. The molecular weight excluding hydrogens is 310 g/mol. The molecule has 1 heterocycles. The molecule has 1 aliphatic heterocycles. The summed E-state index contributed by atoms with van der Waals surface area (Å²) in [5.41, 5.74) is 2.53. The lowest BCUT2D eigenvalue weighted by Crippen LogP contribution is -2.38. The number of hydrogen-bond acceptors (Lipinski definition) is 3. The van der Waals surface area contributed by atoms with Gasteiger partial charge in [0, 0.05) is 24.7 Å². The van der Waals surface area contributed by atoms with Crippen molar-refractivity contribution in [2.24, 2.45) is 0 Å². The molecule has 0 saturated carbocycles. The van der Waals surface area contributed by atoms with Gasteiger partial charge in [-0.1, -0.05) is 28.1 Å². The summed E-state index contributed by atoms with van der Waals surface area (Å²) in [6.07, 6.45) is 0.889. The molecule has 0 aliphatic carbocycles. The van der Waals surface area contributed by atoms with E-state index < -0.39 is 0 Å². The SMILES string of the molecule is COCCOCC(=O)N1CCc2c(Br)cccc2C1. The number of halogens is 1. The lowest BCUT2D eigenvalue weighted by Gasteiger charge is -2.29. The van der Waals surface area contributed by atoms with E-state index in [0.717, 1.165) is 17.4 Å². The zero-order valence-electron chi connectivity index (χ0n) is 11.0. The molecular formula is C14H18BrNO3. The van der Waals surface area contributed by atoms with Crippen molar-refractivity contribution >= 4 is 21.8 Å². The van der Waals surface area contributed by atoms with Crippen LogP contribution in [0.4, 0.5) is 0 Å². The molecule has 0 spiro atoms. The Morgan fingerprint density at radius 1 is 1.42 bits per heavy atom. The Balaban J connectivity index is 1.89. The van der Waals surface area contributed by atoms with Gasteiger partial charge in [0.15, 0.2) is 0 Å². The van der Waals surface area contributed by atoms with Gasteiger partial charge in [-0.25, -0.2) is 0 Å². The number of hydrogen-bond donors (Lipinski definition) is 0. The van der Waals surface area contributed by atoms with Crippen LogP contribution in [0, 0.1) is 0 Å². The molecule has 1 aromatic carbocycles. The number of nitrogens with zero attached hydrogens (tertiary/aromatic N) is 1. The van der Waals surface area contributed by atoms with Crippen LogP contribution in [-0.2, 0) is 27.2 Å². The van der Waals surface area contributed by atoms with Crippen LogP contribution in [0.25, 0.3) is 0 Å². The first kappa shape index (κ1) is 14.5. The molecule has 0 unspecified atom stereocenters. The molecule has 0 fully saturated rings. The topological polar surface area (TPSA) is 38.8 Å². The Morgan fingerprint density at radius 2 is 2.26 bits per heavy atom. The molecule has 0 saturated heterocycles. The molecule has 1 aromatic rings. The highest BCUT2D eigenvalue weighted by Crippen LogP contribution is 2.26. The van der Waals surface area contributed by atoms with Crippen molar-refractivity contribution in [2.45, 2.75) is 13.0 Å². The van der Waals surface area contributed by atoms with Gasteiger partial charge in [0.2, 0.25) is 5.91 Å². The normalized spacial score (nSPS) is 14.3. The molecule has 104 valence electrons. The zero-order valence-corrected chi connectivity index (χ0v) is 12.6. The quantitative estimate of drug-likeness (QED) is 0.776. The van der Waals surface area contributed by atoms with Gasteiger partial charge in [-0.15, -0.1) is 0 Å². The second kappa shape index (κ2) is 7.03. The van der Waals surface area contributed by atoms with E-state index >= 15 is 0 Å². The van der Waals surface area contributed by atoms with Gasteiger partial charge in [0.1, 0.15) is 6.61 Å². The summed E-state index contributed by atoms with van der Waals surface area (Å²) in [6, 6.07) is 6.13. The van der Waals surface area contributed by atoms with Gasteiger partial charge in [0.05, 0.1) is 13.2 Å². The first-order valence-electron chi connectivity index (χ1n) is 6.33. The van der Waals surface area contributed by atoms with E-state index in [1.165, 1.54) is 11.1 Å². The Hall–Kier alpha value is -0.910. The van der Waals surface area contributed by atoms with E-state index in [1.54, 1.807) is 7.11 Å². The molecule has 5 heteroatoms. The number of fused-ring (bicyclic) bond motifs is 1. The number of ether oxygens (including phenoxy) is 2. The Kier molecular flexibility index (Phi) is 5.36. The number of methoxy groups -OCH3 is 1. The maximum absolute atomic E-state index is 12.0. The van der Waals surface area contributed by atoms with Crippen LogP contribution in [0.3, 0.4) is 0 Å². The van der Waals surface area contributed by atoms with Crippen LogP contribution >= 0.6 is 15.9 Å². The molecule has 0 aromatic heterocycles. The highest BCUT2D eigenvalue weighted by Gasteiger charge is 2.21. The van der Waals surface area contributed by atoms with Crippen molar-refractivity contribution in [3.8, 4) is 0 Å². The summed E-state index contributed by atoms with van der Waals surface area (Å²) in [4.78, 5) is 13.9. The second-order valence-corrected chi connectivity index (χ2v) is 5.34. The largest absolute Gasteiger partial charge is 0.382 e. The van der Waals surface area contributed by atoms with Crippen molar-refractivity contribution in [1.82, 2.24) is 4.90 Å². The smallest absolute Gasteiger partial charge is 0.248 e. The third-order valence-electron chi connectivity index (χ3n) is 3.22. The molecule has 0 radical (unpaired) electrons. The van der Waals surface area contributed by atoms with Gasteiger partial charge in [0.25, 0.3) is 0 Å². The maximum Gasteiger partial charge on any atom is 0.248 e. The molecule has 19 heavy (non-hydrogen) atoms. The molecule has 0 bridgehead atoms. The summed E-state index contributed by atoms with van der Waals surface area (Å²) in [7, 11) is 1.62. The van der Waals surface area contributed by atoms with Crippen LogP contribution in [0.1, 0.15) is 11.1 Å². The van der Waals surface area contributed by atoms with Crippen molar-refractivity contribution in [3.05, 3.63) is 33.8 Å². The maximum atomic E-state index is 12.0. The van der Waals surface area contributed by atoms with Crippen molar-refractivity contribution < 1.29 is 14.3 Å². The molecule has 4 nitrogen and oxygen atoms in total. The fraction of sp³-hybridized carbons (Fsp3) is 0.500. The Labute approximate surface area is 121 Å². The summed E-state index contributed by atoms with van der Waals surface area (Å²) in [5, 5.41) is 0. The van der Waals surface area contributed by atoms with Gasteiger partial charge in [-0.2, -0.15) is 0 Å². The van der Waals surface area contributed by atoms with Crippen molar-refractivity contribution in [1.29, 1.82) is 0 Å². The molecule has 2 rings (SSSR count). The van der Waals surface area contributed by atoms with Crippen LogP contribution in [0.15, 0.2) is 22.7 Å². The highest BCUT2D eigenvalue weighted by molar-refractivity contribution is 9.10. The van der Waals surface area contributed by atoms with Crippen LogP contribution in [0.5, 0.6) is 0 Å². The first-order chi connectivity index (χ1) is 9.22. The number of carbonyl (C=O) groups is 1. The minimum Gasteiger partial charge on any atom is -0.382 e. The summed E-state index contributed by atoms with van der Waals surface area (Å²) >= 11 is 3.56. The fourth-order valence-electron chi connectivity index (χ4n) is 2.17. The van der Waals surface area contributed by atoms with Crippen LogP contribution < -0.4 is 0 Å². The summed E-state index contributed by atoms with van der Waals surface area (Å²) < 4.78 is 11.3. The van der Waals surface area contributed by atoms with E-state index in [4.69, 9.17) is 9.47 Å². The second-order valence-electron chi connectivity index (χ2n) is 4.49. The van der Waals surface area contributed by atoms with Crippen molar-refractivity contribution in [3.63, 3.8) is 0 Å². The third-order valence-corrected chi connectivity index (χ3v) is 3.96. The van der Waals surface area contributed by atoms with E-state index in [2.05, 4.69) is 22.0 Å². The monoisotopic (exact) mass is 327 g/mol. The fourth-order valence-corrected chi connectivity index (χ4v) is 2.77. The van der Waals surface area contributed by atoms with Gasteiger partial charge in [-0.05, 0) is 23.6 Å². The molecule has 0 atom stereocenters. The highest BCUT2D eigenvalue weighted by atomic mass is 79.9.